The summed E-state index contributed by atoms with van der Waals surface area (Å²) >= 11 is 0. The quantitative estimate of drug-likeness (QED) is 0.827. The molecule has 0 atom stereocenters. The van der Waals surface area contributed by atoms with Gasteiger partial charge in [-0.25, -0.2) is 4.98 Å². The third-order valence-corrected chi connectivity index (χ3v) is 2.17. The highest BCUT2D eigenvalue weighted by atomic mass is 16.2. The molecule has 1 heterocycles. The van der Waals surface area contributed by atoms with Gasteiger partial charge in [-0.05, 0) is 32.4 Å². The zero-order valence-electron chi connectivity index (χ0n) is 11.0. The van der Waals surface area contributed by atoms with Crippen molar-refractivity contribution in [1.82, 2.24) is 15.6 Å². The average molecular weight is 249 g/mol. The summed E-state index contributed by atoms with van der Waals surface area (Å²) in [5.74, 6) is -0.522. The molecule has 0 aromatic carbocycles. The van der Waals surface area contributed by atoms with Crippen LogP contribution in [0.5, 0.6) is 0 Å². The van der Waals surface area contributed by atoms with Crippen LogP contribution in [-0.2, 0) is 0 Å². The molecule has 2 N–H and O–H groups in total. The van der Waals surface area contributed by atoms with Crippen molar-refractivity contribution in [3.63, 3.8) is 0 Å². The van der Waals surface area contributed by atoms with Gasteiger partial charge in [-0.1, -0.05) is 13.0 Å². The van der Waals surface area contributed by atoms with Gasteiger partial charge in [0.25, 0.3) is 11.8 Å². The number of nitrogens with one attached hydrogen (secondary N) is 2. The molecule has 0 saturated carbocycles. The molecule has 2 amide bonds. The van der Waals surface area contributed by atoms with Crippen molar-refractivity contribution in [2.75, 3.05) is 6.54 Å². The molecule has 1 aromatic heterocycles. The first-order chi connectivity index (χ1) is 8.54. The Hall–Kier alpha value is -1.91. The Morgan fingerprint density at radius 3 is 2.39 bits per heavy atom. The van der Waals surface area contributed by atoms with Gasteiger partial charge in [0.05, 0.1) is 0 Å². The van der Waals surface area contributed by atoms with E-state index in [0.717, 1.165) is 6.42 Å². The Labute approximate surface area is 107 Å². The standard InChI is InChI=1S/C13H19N3O2/c1-4-8-14-12(17)10-6-5-7-11(16-10)13(18)15-9(2)3/h5-7,9H,4,8H2,1-3H3,(H,14,17)(H,15,18). The Balaban J connectivity index is 2.79. The lowest BCUT2D eigenvalue weighted by atomic mass is 10.2. The second kappa shape index (κ2) is 6.74. The predicted octanol–water partition coefficient (Wildman–Crippen LogP) is 1.36. The maximum atomic E-state index is 11.7. The van der Waals surface area contributed by atoms with Crippen LogP contribution in [0.25, 0.3) is 0 Å². The molecule has 0 radical (unpaired) electrons. The highest BCUT2D eigenvalue weighted by Crippen LogP contribution is 2.00. The first-order valence-corrected chi connectivity index (χ1v) is 6.10. The van der Waals surface area contributed by atoms with Gasteiger partial charge in [0.2, 0.25) is 0 Å². The molecular formula is C13H19N3O2. The summed E-state index contributed by atoms with van der Waals surface area (Å²) in [6.45, 7) is 6.31. The van der Waals surface area contributed by atoms with E-state index in [0.29, 0.717) is 6.54 Å². The van der Waals surface area contributed by atoms with Crippen molar-refractivity contribution in [3.05, 3.63) is 29.6 Å². The molecule has 0 bridgehead atoms. The molecular weight excluding hydrogens is 230 g/mol. The van der Waals surface area contributed by atoms with Gasteiger partial charge >= 0.3 is 0 Å². The zero-order chi connectivity index (χ0) is 13.5. The number of hydrogen-bond donors (Lipinski definition) is 2. The molecule has 0 saturated heterocycles. The van der Waals surface area contributed by atoms with Crippen molar-refractivity contribution < 1.29 is 9.59 Å². The van der Waals surface area contributed by atoms with Gasteiger partial charge in [0, 0.05) is 12.6 Å². The van der Waals surface area contributed by atoms with Gasteiger partial charge in [0.15, 0.2) is 0 Å². The maximum absolute atomic E-state index is 11.7. The van der Waals surface area contributed by atoms with Crippen LogP contribution < -0.4 is 10.6 Å². The van der Waals surface area contributed by atoms with Gasteiger partial charge in [-0.3, -0.25) is 9.59 Å². The normalized spacial score (nSPS) is 10.2. The minimum atomic E-state index is -0.268. The third-order valence-electron chi connectivity index (χ3n) is 2.17. The van der Waals surface area contributed by atoms with Gasteiger partial charge in [0.1, 0.15) is 11.4 Å². The van der Waals surface area contributed by atoms with E-state index in [4.69, 9.17) is 0 Å². The molecule has 0 spiro atoms. The minimum absolute atomic E-state index is 0.0388. The van der Waals surface area contributed by atoms with Crippen LogP contribution in [0, 0.1) is 0 Å². The molecule has 5 heteroatoms. The summed E-state index contributed by atoms with van der Waals surface area (Å²) < 4.78 is 0. The summed E-state index contributed by atoms with van der Waals surface area (Å²) in [6.07, 6.45) is 0.860. The molecule has 1 aromatic rings. The van der Waals surface area contributed by atoms with Crippen LogP contribution >= 0.6 is 0 Å². The molecule has 0 aliphatic rings. The van der Waals surface area contributed by atoms with E-state index in [2.05, 4.69) is 15.6 Å². The van der Waals surface area contributed by atoms with Crippen molar-refractivity contribution in [2.45, 2.75) is 33.2 Å². The number of amides is 2. The maximum Gasteiger partial charge on any atom is 0.270 e. The van der Waals surface area contributed by atoms with Crippen molar-refractivity contribution in [3.8, 4) is 0 Å². The molecule has 5 nitrogen and oxygen atoms in total. The van der Waals surface area contributed by atoms with E-state index in [-0.39, 0.29) is 29.2 Å². The van der Waals surface area contributed by atoms with E-state index in [1.54, 1.807) is 18.2 Å². The SMILES string of the molecule is CCCNC(=O)c1cccc(C(=O)NC(C)C)n1. The van der Waals surface area contributed by atoms with E-state index in [9.17, 15) is 9.59 Å². The summed E-state index contributed by atoms with van der Waals surface area (Å²) in [7, 11) is 0. The smallest absolute Gasteiger partial charge is 0.270 e. The topological polar surface area (TPSA) is 71.1 Å². The Morgan fingerprint density at radius 1 is 1.22 bits per heavy atom. The summed E-state index contributed by atoms with van der Waals surface area (Å²) in [6, 6.07) is 4.88. The van der Waals surface area contributed by atoms with Crippen LogP contribution in [0.15, 0.2) is 18.2 Å². The lowest BCUT2D eigenvalue weighted by Crippen LogP contribution is -2.31. The Bertz CT molecular complexity index is 430. The van der Waals surface area contributed by atoms with E-state index in [1.165, 1.54) is 0 Å². The highest BCUT2D eigenvalue weighted by molar-refractivity contribution is 5.96. The van der Waals surface area contributed by atoms with E-state index in [1.807, 2.05) is 20.8 Å². The van der Waals surface area contributed by atoms with Gasteiger partial charge < -0.3 is 10.6 Å². The van der Waals surface area contributed by atoms with Crippen molar-refractivity contribution in [2.24, 2.45) is 0 Å². The van der Waals surface area contributed by atoms with Crippen molar-refractivity contribution in [1.29, 1.82) is 0 Å². The largest absolute Gasteiger partial charge is 0.351 e. The first kappa shape index (κ1) is 14.2. The molecule has 18 heavy (non-hydrogen) atoms. The number of rotatable bonds is 5. The number of hydrogen-bond acceptors (Lipinski definition) is 3. The highest BCUT2D eigenvalue weighted by Gasteiger charge is 2.12. The zero-order valence-corrected chi connectivity index (χ0v) is 11.0. The summed E-state index contributed by atoms with van der Waals surface area (Å²) in [5, 5.41) is 5.46. The Morgan fingerprint density at radius 2 is 1.83 bits per heavy atom. The van der Waals surface area contributed by atoms with Crippen LogP contribution in [-0.4, -0.2) is 29.4 Å². The molecule has 98 valence electrons. The number of carbonyl (C=O) groups is 2. The molecule has 0 aliphatic heterocycles. The summed E-state index contributed by atoms with van der Waals surface area (Å²) in [5.41, 5.74) is 0.521. The van der Waals surface area contributed by atoms with Gasteiger partial charge in [-0.15, -0.1) is 0 Å². The number of aromatic nitrogens is 1. The molecule has 0 unspecified atom stereocenters. The fourth-order valence-corrected chi connectivity index (χ4v) is 1.35. The number of nitrogens with zero attached hydrogens (tertiary/aromatic N) is 1. The predicted molar refractivity (Wildman–Crippen MR) is 69.5 cm³/mol. The second-order valence-corrected chi connectivity index (χ2v) is 4.29. The average Bonchev–Trinajstić information content (AvgIpc) is 2.35. The summed E-state index contributed by atoms with van der Waals surface area (Å²) in [4.78, 5) is 27.5. The lowest BCUT2D eigenvalue weighted by Gasteiger charge is -2.08. The van der Waals surface area contributed by atoms with Crippen LogP contribution in [0.4, 0.5) is 0 Å². The minimum Gasteiger partial charge on any atom is -0.351 e. The number of carbonyl (C=O) groups excluding carboxylic acids is 2. The van der Waals surface area contributed by atoms with Gasteiger partial charge in [-0.2, -0.15) is 0 Å². The lowest BCUT2D eigenvalue weighted by molar-refractivity contribution is 0.0936. The van der Waals surface area contributed by atoms with E-state index >= 15 is 0 Å². The van der Waals surface area contributed by atoms with E-state index < -0.39 is 0 Å². The Kier molecular flexibility index (Phi) is 5.30. The second-order valence-electron chi connectivity index (χ2n) is 4.29. The molecule has 1 rings (SSSR count). The van der Waals surface area contributed by atoms with Crippen LogP contribution in [0.1, 0.15) is 48.2 Å². The fraction of sp³-hybridized carbons (Fsp3) is 0.462. The van der Waals surface area contributed by atoms with Crippen molar-refractivity contribution >= 4 is 11.8 Å². The number of pyridine rings is 1. The molecule has 0 aliphatic carbocycles. The third kappa shape index (κ3) is 4.16. The fourth-order valence-electron chi connectivity index (χ4n) is 1.35. The monoisotopic (exact) mass is 249 g/mol. The van der Waals surface area contributed by atoms with Crippen LogP contribution in [0.2, 0.25) is 0 Å². The molecule has 0 fully saturated rings. The first-order valence-electron chi connectivity index (χ1n) is 6.10. The van der Waals surface area contributed by atoms with Crippen LogP contribution in [0.3, 0.4) is 0 Å².